The third-order valence-corrected chi connectivity index (χ3v) is 5.74. The number of methoxy groups -OCH3 is 2. The molecule has 5 nitrogen and oxygen atoms in total. The topological polar surface area (TPSA) is 48.0 Å². The highest BCUT2D eigenvalue weighted by Crippen LogP contribution is 2.42. The molecule has 1 heterocycles. The normalized spacial score (nSPS) is 15.1. The van der Waals surface area contributed by atoms with Crippen LogP contribution in [0.2, 0.25) is 0 Å². The van der Waals surface area contributed by atoms with Crippen LogP contribution >= 0.6 is 0 Å². The monoisotopic (exact) mass is 435 g/mol. The molecule has 166 valence electrons. The molecule has 3 aromatic carbocycles. The Hall–Kier alpha value is -3.54. The van der Waals surface area contributed by atoms with Crippen molar-refractivity contribution < 1.29 is 23.4 Å². The zero-order chi connectivity index (χ0) is 22.7. The highest BCUT2D eigenvalue weighted by atomic mass is 19.1. The van der Waals surface area contributed by atoms with Crippen LogP contribution < -0.4 is 14.2 Å². The van der Waals surface area contributed by atoms with E-state index in [0.29, 0.717) is 42.4 Å². The third kappa shape index (κ3) is 4.00. The standard InChI is InChI=1S/C26H26FNO4/c1-4-32-22-8-6-5-7-20(22)26(29)28-14-13-18-15-23(30-2)24(31-3)16-21(18)25(28)17-9-11-19(27)12-10-17/h5-12,15-16,25H,4,13-14H2,1-3H3. The number of rotatable bonds is 6. The lowest BCUT2D eigenvalue weighted by molar-refractivity contribution is 0.0690. The van der Waals surface area contributed by atoms with E-state index in [1.54, 1.807) is 38.5 Å². The number of carbonyl (C=O) groups is 1. The highest BCUT2D eigenvalue weighted by molar-refractivity contribution is 5.97. The Bertz CT molecular complexity index is 1110. The molecule has 1 aliphatic heterocycles. The second kappa shape index (κ2) is 9.30. The predicted octanol–water partition coefficient (Wildman–Crippen LogP) is 5.03. The second-order valence-corrected chi connectivity index (χ2v) is 7.54. The molecular formula is C26H26FNO4. The number of para-hydroxylation sites is 1. The first kappa shape index (κ1) is 21.7. The summed E-state index contributed by atoms with van der Waals surface area (Å²) in [6.07, 6.45) is 0.663. The maximum Gasteiger partial charge on any atom is 0.258 e. The summed E-state index contributed by atoms with van der Waals surface area (Å²) in [6, 6.07) is 17.0. The van der Waals surface area contributed by atoms with Crippen LogP contribution in [0.1, 0.15) is 40.0 Å². The van der Waals surface area contributed by atoms with Gasteiger partial charge in [-0.25, -0.2) is 4.39 Å². The summed E-state index contributed by atoms with van der Waals surface area (Å²) in [4.78, 5) is 15.6. The van der Waals surface area contributed by atoms with Gasteiger partial charge in [-0.1, -0.05) is 24.3 Å². The molecule has 1 aliphatic rings. The Labute approximate surface area is 187 Å². The zero-order valence-electron chi connectivity index (χ0n) is 18.4. The second-order valence-electron chi connectivity index (χ2n) is 7.54. The first-order chi connectivity index (χ1) is 15.6. The predicted molar refractivity (Wildman–Crippen MR) is 120 cm³/mol. The van der Waals surface area contributed by atoms with Crippen molar-refractivity contribution in [2.24, 2.45) is 0 Å². The van der Waals surface area contributed by atoms with E-state index >= 15 is 0 Å². The average molecular weight is 435 g/mol. The van der Waals surface area contributed by atoms with E-state index < -0.39 is 6.04 Å². The Morgan fingerprint density at radius 3 is 2.38 bits per heavy atom. The van der Waals surface area contributed by atoms with Crippen molar-refractivity contribution in [1.82, 2.24) is 4.90 Å². The number of benzene rings is 3. The van der Waals surface area contributed by atoms with Crippen LogP contribution in [0.15, 0.2) is 60.7 Å². The number of amides is 1. The maximum absolute atomic E-state index is 13.7. The van der Waals surface area contributed by atoms with Gasteiger partial charge >= 0.3 is 0 Å². The quantitative estimate of drug-likeness (QED) is 0.545. The van der Waals surface area contributed by atoms with Crippen LogP contribution in [0.4, 0.5) is 4.39 Å². The van der Waals surface area contributed by atoms with Gasteiger partial charge in [0.15, 0.2) is 11.5 Å². The van der Waals surface area contributed by atoms with Crippen LogP contribution in [0.25, 0.3) is 0 Å². The van der Waals surface area contributed by atoms with E-state index in [0.717, 1.165) is 16.7 Å². The number of fused-ring (bicyclic) bond motifs is 1. The number of ether oxygens (including phenoxy) is 3. The molecule has 0 aromatic heterocycles. The largest absolute Gasteiger partial charge is 0.493 e. The minimum atomic E-state index is -0.402. The van der Waals surface area contributed by atoms with E-state index in [2.05, 4.69) is 0 Å². The Morgan fingerprint density at radius 2 is 1.69 bits per heavy atom. The molecule has 0 spiro atoms. The van der Waals surface area contributed by atoms with Crippen LogP contribution in [-0.2, 0) is 6.42 Å². The number of nitrogens with zero attached hydrogens (tertiary/aromatic N) is 1. The fraction of sp³-hybridized carbons (Fsp3) is 0.269. The van der Waals surface area contributed by atoms with Crippen molar-refractivity contribution >= 4 is 5.91 Å². The average Bonchev–Trinajstić information content (AvgIpc) is 2.83. The van der Waals surface area contributed by atoms with E-state index in [1.807, 2.05) is 36.1 Å². The number of halogens is 1. The van der Waals surface area contributed by atoms with E-state index in [9.17, 15) is 9.18 Å². The summed E-state index contributed by atoms with van der Waals surface area (Å²) in [6.45, 7) is 2.86. The number of hydrogen-bond donors (Lipinski definition) is 0. The van der Waals surface area contributed by atoms with Crippen molar-refractivity contribution in [2.75, 3.05) is 27.4 Å². The van der Waals surface area contributed by atoms with E-state index in [1.165, 1.54) is 12.1 Å². The smallest absolute Gasteiger partial charge is 0.258 e. The number of carbonyl (C=O) groups excluding carboxylic acids is 1. The molecule has 0 fully saturated rings. The van der Waals surface area contributed by atoms with Gasteiger partial charge in [-0.05, 0) is 66.4 Å². The van der Waals surface area contributed by atoms with Gasteiger partial charge in [0.25, 0.3) is 5.91 Å². The van der Waals surface area contributed by atoms with E-state index in [4.69, 9.17) is 14.2 Å². The Kier molecular flexibility index (Phi) is 6.30. The highest BCUT2D eigenvalue weighted by Gasteiger charge is 2.34. The van der Waals surface area contributed by atoms with Crippen molar-refractivity contribution in [3.63, 3.8) is 0 Å². The first-order valence-electron chi connectivity index (χ1n) is 10.6. The minimum absolute atomic E-state index is 0.135. The zero-order valence-corrected chi connectivity index (χ0v) is 18.4. The molecule has 1 amide bonds. The summed E-state index contributed by atoms with van der Waals surface area (Å²) < 4.78 is 30.4. The van der Waals surface area contributed by atoms with Gasteiger partial charge in [-0.15, -0.1) is 0 Å². The Balaban J connectivity index is 1.84. The van der Waals surface area contributed by atoms with Gasteiger partial charge < -0.3 is 19.1 Å². The van der Waals surface area contributed by atoms with Gasteiger partial charge in [0.2, 0.25) is 0 Å². The molecule has 0 N–H and O–H groups in total. The molecule has 32 heavy (non-hydrogen) atoms. The fourth-order valence-corrected chi connectivity index (χ4v) is 4.25. The van der Waals surface area contributed by atoms with E-state index in [-0.39, 0.29) is 11.7 Å². The van der Waals surface area contributed by atoms with Gasteiger partial charge in [0.05, 0.1) is 32.4 Å². The molecule has 0 bridgehead atoms. The van der Waals surface area contributed by atoms with Crippen molar-refractivity contribution in [3.05, 3.63) is 88.7 Å². The van der Waals surface area contributed by atoms with Gasteiger partial charge in [0.1, 0.15) is 11.6 Å². The van der Waals surface area contributed by atoms with Crippen LogP contribution in [0.3, 0.4) is 0 Å². The van der Waals surface area contributed by atoms with Crippen molar-refractivity contribution in [2.45, 2.75) is 19.4 Å². The molecule has 0 radical (unpaired) electrons. The SMILES string of the molecule is CCOc1ccccc1C(=O)N1CCc2cc(OC)c(OC)cc2C1c1ccc(F)cc1. The van der Waals surface area contributed by atoms with Crippen LogP contribution in [0, 0.1) is 5.82 Å². The summed E-state index contributed by atoms with van der Waals surface area (Å²) in [5, 5.41) is 0. The summed E-state index contributed by atoms with van der Waals surface area (Å²) in [7, 11) is 3.19. The van der Waals surface area contributed by atoms with Crippen molar-refractivity contribution in [1.29, 1.82) is 0 Å². The lowest BCUT2D eigenvalue weighted by Crippen LogP contribution is -2.40. The maximum atomic E-state index is 13.7. The molecule has 0 aliphatic carbocycles. The molecule has 1 unspecified atom stereocenters. The molecule has 4 rings (SSSR count). The lowest BCUT2D eigenvalue weighted by Gasteiger charge is -2.38. The molecule has 6 heteroatoms. The lowest BCUT2D eigenvalue weighted by atomic mass is 9.87. The third-order valence-electron chi connectivity index (χ3n) is 5.74. The minimum Gasteiger partial charge on any atom is -0.493 e. The molecule has 1 atom stereocenters. The summed E-state index contributed by atoms with van der Waals surface area (Å²) in [5.41, 5.74) is 3.33. The Morgan fingerprint density at radius 1 is 1.00 bits per heavy atom. The van der Waals surface area contributed by atoms with Crippen LogP contribution in [-0.4, -0.2) is 38.2 Å². The first-order valence-corrected chi connectivity index (χ1v) is 10.6. The van der Waals surface area contributed by atoms with Gasteiger partial charge in [-0.2, -0.15) is 0 Å². The summed E-state index contributed by atoms with van der Waals surface area (Å²) in [5.74, 6) is 1.32. The van der Waals surface area contributed by atoms with Gasteiger partial charge in [0, 0.05) is 6.54 Å². The molecule has 0 saturated carbocycles. The fourth-order valence-electron chi connectivity index (χ4n) is 4.25. The van der Waals surface area contributed by atoms with Crippen LogP contribution in [0.5, 0.6) is 17.2 Å². The summed E-state index contributed by atoms with van der Waals surface area (Å²) >= 11 is 0. The number of hydrogen-bond acceptors (Lipinski definition) is 4. The molecule has 0 saturated heterocycles. The molecule has 3 aromatic rings. The molecular weight excluding hydrogens is 409 g/mol. The van der Waals surface area contributed by atoms with Gasteiger partial charge in [-0.3, -0.25) is 4.79 Å². The van der Waals surface area contributed by atoms with Crippen molar-refractivity contribution in [3.8, 4) is 17.2 Å².